The van der Waals surface area contributed by atoms with E-state index in [1.54, 1.807) is 68.0 Å². The second-order valence-electron chi connectivity index (χ2n) is 34.4. The summed E-state index contributed by atoms with van der Waals surface area (Å²) in [6, 6.07) is 140. The molecule has 30 aromatic rings. The molecule has 0 aliphatic carbocycles. The first-order valence-electron chi connectivity index (χ1n) is 46.0. The molecule has 0 N–H and O–H groups in total. The van der Waals surface area contributed by atoms with Gasteiger partial charge < -0.3 is 8.83 Å². The molecule has 0 radical (unpaired) electrons. The Morgan fingerprint density at radius 3 is 0.957 bits per heavy atom. The highest BCUT2D eigenvalue weighted by Crippen LogP contribution is 2.49. The Morgan fingerprint density at radius 2 is 0.496 bits per heavy atom. The number of para-hydroxylation sites is 8. The monoisotopic (exact) mass is 1910 g/mol. The van der Waals surface area contributed by atoms with E-state index in [0.717, 1.165) is 164 Å². The number of hydrogen-bond acceptors (Lipinski definition) is 20. The lowest BCUT2D eigenvalue weighted by Gasteiger charge is -2.11. The van der Waals surface area contributed by atoms with Crippen molar-refractivity contribution in [1.29, 1.82) is 0 Å². The highest BCUT2D eigenvalue weighted by molar-refractivity contribution is 7.27. The first-order chi connectivity index (χ1) is 69.8. The maximum Gasteiger partial charge on any atom is 0.238 e. The Labute approximate surface area is 826 Å². The molecule has 660 valence electrons. The quantitative estimate of drug-likeness (QED) is 0.112. The summed E-state index contributed by atoms with van der Waals surface area (Å²) in [6.45, 7) is 0. The summed E-state index contributed by atoms with van der Waals surface area (Å²) in [4.78, 5) is 60.9. The lowest BCUT2D eigenvalue weighted by molar-refractivity contribution is 0.669. The molecule has 0 atom stereocenters. The molecule has 21 heteroatoms. The van der Waals surface area contributed by atoms with Crippen molar-refractivity contribution in [2.75, 3.05) is 0 Å². The number of fused-ring (bicyclic) bond motifs is 21. The van der Waals surface area contributed by atoms with Crippen molar-refractivity contribution in [3.05, 3.63) is 406 Å². The number of furan rings is 2. The molecule has 0 amide bonds. The van der Waals surface area contributed by atoms with Crippen LogP contribution in [-0.4, -0.2) is 64.4 Å². The van der Waals surface area contributed by atoms with E-state index in [4.69, 9.17) is 68.6 Å². The number of hydrogen-bond donors (Lipinski definition) is 0. The molecule has 0 bridgehead atoms. The molecule has 0 spiro atoms. The molecule has 0 aliphatic rings. The zero-order valence-corrected chi connectivity index (χ0v) is 79.2. The van der Waals surface area contributed by atoms with Gasteiger partial charge >= 0.3 is 0 Å². The summed E-state index contributed by atoms with van der Waals surface area (Å²) in [5.41, 5.74) is 19.2. The van der Waals surface area contributed by atoms with Crippen molar-refractivity contribution >= 4 is 225 Å². The van der Waals surface area contributed by atoms with Gasteiger partial charge in [0.1, 0.15) is 37.4 Å². The third-order valence-corrected chi connectivity index (χ3v) is 32.5. The minimum atomic E-state index is 0.574. The Morgan fingerprint density at radius 1 is 0.177 bits per heavy atom. The lowest BCUT2D eigenvalue weighted by atomic mass is 10.0. The van der Waals surface area contributed by atoms with Crippen molar-refractivity contribution in [2.24, 2.45) is 0 Å². The Balaban J connectivity index is 0.000000104. The van der Waals surface area contributed by atoms with Gasteiger partial charge in [-0.05, 0) is 133 Å². The summed E-state index contributed by atoms with van der Waals surface area (Å²) < 4.78 is 25.6. The third kappa shape index (κ3) is 14.5. The molecular weight excluding hydrogens is 1850 g/mol. The van der Waals surface area contributed by atoms with Crippen LogP contribution in [-0.2, 0) is 0 Å². The van der Waals surface area contributed by atoms with Gasteiger partial charge in [0.05, 0.1) is 47.2 Å². The van der Waals surface area contributed by atoms with E-state index in [1.165, 1.54) is 69.2 Å². The minimum absolute atomic E-state index is 0.574. The maximum atomic E-state index is 6.42. The van der Waals surface area contributed by atoms with E-state index < -0.39 is 0 Å². The average molecular weight is 1920 g/mol. The normalized spacial score (nSPS) is 11.8. The van der Waals surface area contributed by atoms with Crippen molar-refractivity contribution in [1.82, 2.24) is 64.4 Å². The van der Waals surface area contributed by atoms with Crippen LogP contribution < -0.4 is 0 Å². The van der Waals surface area contributed by atoms with E-state index in [-0.39, 0.29) is 0 Å². The fourth-order valence-corrected chi connectivity index (χ4v) is 25.6. The van der Waals surface area contributed by atoms with E-state index in [9.17, 15) is 0 Å². The molecular formula is C120H67N13O2S6. The van der Waals surface area contributed by atoms with Gasteiger partial charge in [-0.1, -0.05) is 273 Å². The molecule has 30 rings (SSSR count). The van der Waals surface area contributed by atoms with Crippen molar-refractivity contribution in [2.45, 2.75) is 0 Å². The third-order valence-electron chi connectivity index (χ3n) is 25.9. The molecule has 0 fully saturated rings. The zero-order chi connectivity index (χ0) is 92.7. The fourth-order valence-electron chi connectivity index (χ4n) is 19.3. The molecule has 15 nitrogen and oxygen atoms in total. The van der Waals surface area contributed by atoms with Gasteiger partial charge in [0, 0.05) is 148 Å². The van der Waals surface area contributed by atoms with Crippen LogP contribution >= 0.6 is 68.0 Å². The molecule has 0 unspecified atom stereocenters. The summed E-state index contributed by atoms with van der Waals surface area (Å²) in [7, 11) is 0. The van der Waals surface area contributed by atoms with Gasteiger partial charge in [0.25, 0.3) is 0 Å². The SMILES string of the molecule is c1ccc(-c2nc(-c3ccc4c(c3)oc3ccccc34)nc(-c3cccc4sc5ccc(-c6nc7ccccc7s6)cc5c34)n2)cc1.c1ccc(-c2nc(-c3cccc4c3oc3ccccc34)nc(-c3cccc4sc5ccc(-c6nc7ccccc7s6)cc5c34)n2)cc1.c1ccc(-c2nc(-c3cccc4sc5ccc(-c6nc7ccccc7s6)cc5c34)nc(-n3c4ccccc4c4ccccc43)n2)cc1. The summed E-state index contributed by atoms with van der Waals surface area (Å²) in [6.07, 6.45) is 0. The standard InChI is InChI=1S/C40H23N5S2.2C40H22N4OS2/c1-2-11-24(12-3-1)37-42-38(44-40(43-37)45-31-17-7-4-13-26(31)27-14-5-8-18-32(27)45)28-15-10-20-35-36(28)29-23-25(21-22-33(29)46-35)39-41-30-16-6-9-19-34(30)47-39;1-2-10-23(11-3-1)37-42-38(44-39(43-37)28-15-8-13-26-25-12-4-6-17-31(25)45-36(26)28)27-14-9-19-34-35(27)29-22-24(20-21-32(29)46-34)40-41-30-16-5-7-18-33(30)47-40;1-2-9-23(10-3-1)37-42-38(24-17-19-27-26-11-4-6-14-31(26)45-32(27)22-24)44-39(43-37)28-12-8-16-35-36(28)29-21-25(18-20-33(29)46-35)40-41-30-13-5-7-15-34(30)47-40/h1-23H;2*1-22H. The molecule has 18 aromatic carbocycles. The molecule has 0 aliphatic heterocycles. The molecule has 12 aromatic heterocycles. The van der Waals surface area contributed by atoms with Crippen LogP contribution in [0.4, 0.5) is 0 Å². The van der Waals surface area contributed by atoms with Crippen LogP contribution in [0.25, 0.3) is 286 Å². The summed E-state index contributed by atoms with van der Waals surface area (Å²) >= 11 is 10.5. The Hall–Kier alpha value is -17.3. The van der Waals surface area contributed by atoms with Crippen molar-refractivity contribution in [3.8, 4) is 129 Å². The van der Waals surface area contributed by atoms with Crippen LogP contribution in [0.2, 0.25) is 0 Å². The number of thiazole rings is 3. The maximum absolute atomic E-state index is 6.42. The van der Waals surface area contributed by atoms with Gasteiger partial charge in [-0.25, -0.2) is 49.8 Å². The van der Waals surface area contributed by atoms with E-state index in [2.05, 4.69) is 259 Å². The van der Waals surface area contributed by atoms with Gasteiger partial charge in [-0.15, -0.1) is 68.0 Å². The number of benzene rings is 18. The largest absolute Gasteiger partial charge is 0.456 e. The first-order valence-corrected chi connectivity index (χ1v) is 50.9. The smallest absolute Gasteiger partial charge is 0.238 e. The highest BCUT2D eigenvalue weighted by Gasteiger charge is 2.27. The predicted octanol–water partition coefficient (Wildman–Crippen LogP) is 33.8. The highest BCUT2D eigenvalue weighted by atomic mass is 32.1. The number of thiophene rings is 3. The number of aromatic nitrogens is 13. The average Bonchev–Trinajstić information content (AvgIpc) is 1.60. The van der Waals surface area contributed by atoms with Gasteiger partial charge in [0.2, 0.25) is 5.95 Å². The second-order valence-corrected chi connectivity index (χ2v) is 40.7. The zero-order valence-electron chi connectivity index (χ0n) is 74.3. The molecule has 0 saturated heterocycles. The lowest BCUT2D eigenvalue weighted by Crippen LogP contribution is -2.06. The fraction of sp³-hybridized carbons (Fsp3) is 0. The topological polar surface area (TPSA) is 186 Å². The summed E-state index contributed by atoms with van der Waals surface area (Å²) in [5, 5.41) is 16.6. The first kappa shape index (κ1) is 82.0. The van der Waals surface area contributed by atoms with Crippen LogP contribution in [0, 0.1) is 0 Å². The molecule has 141 heavy (non-hydrogen) atoms. The van der Waals surface area contributed by atoms with E-state index >= 15 is 0 Å². The molecule has 12 heterocycles. The molecule has 0 saturated carbocycles. The predicted molar refractivity (Wildman–Crippen MR) is 586 cm³/mol. The Bertz CT molecular complexity index is 10100. The number of rotatable bonds is 12. The van der Waals surface area contributed by atoms with Crippen LogP contribution in [0.3, 0.4) is 0 Å². The van der Waals surface area contributed by atoms with Crippen molar-refractivity contribution < 1.29 is 8.83 Å². The number of nitrogens with zero attached hydrogens (tertiary/aromatic N) is 13. The van der Waals surface area contributed by atoms with Gasteiger partial charge in [0.15, 0.2) is 46.6 Å². The van der Waals surface area contributed by atoms with E-state index in [0.29, 0.717) is 52.5 Å². The van der Waals surface area contributed by atoms with Crippen LogP contribution in [0.5, 0.6) is 0 Å². The summed E-state index contributed by atoms with van der Waals surface area (Å²) in [5.74, 6) is 5.55. The van der Waals surface area contributed by atoms with Crippen LogP contribution in [0.15, 0.2) is 415 Å². The van der Waals surface area contributed by atoms with E-state index in [1.807, 2.05) is 152 Å². The van der Waals surface area contributed by atoms with Crippen molar-refractivity contribution in [3.63, 3.8) is 0 Å². The van der Waals surface area contributed by atoms with Crippen LogP contribution in [0.1, 0.15) is 0 Å². The second kappa shape index (κ2) is 33.9. The Kier molecular flexibility index (Phi) is 19.7. The minimum Gasteiger partial charge on any atom is -0.456 e. The van der Waals surface area contributed by atoms with Gasteiger partial charge in [-0.3, -0.25) is 4.57 Å². The van der Waals surface area contributed by atoms with Gasteiger partial charge in [-0.2, -0.15) is 9.97 Å².